The fraction of sp³-hybridized carbons (Fsp3) is 0.773. The van der Waals surface area contributed by atoms with E-state index in [1.165, 1.54) is 44.9 Å². The van der Waals surface area contributed by atoms with Crippen LogP contribution in [0.3, 0.4) is 0 Å². The second-order valence-corrected chi connectivity index (χ2v) is 8.04. The third-order valence-corrected chi connectivity index (χ3v) is 4.16. The highest BCUT2D eigenvalue weighted by Crippen LogP contribution is 2.22. The van der Waals surface area contributed by atoms with E-state index in [0.29, 0.717) is 11.8 Å². The molecule has 0 aromatic rings. The van der Waals surface area contributed by atoms with Crippen molar-refractivity contribution in [2.24, 2.45) is 5.41 Å². The molecule has 0 bridgehead atoms. The summed E-state index contributed by atoms with van der Waals surface area (Å²) < 4.78 is 0. The molecule has 2 heteroatoms. The van der Waals surface area contributed by atoms with Crippen LogP contribution < -0.4 is 0 Å². The van der Waals surface area contributed by atoms with Crippen LogP contribution in [-0.2, 0) is 4.79 Å². The maximum Gasteiger partial charge on any atom is 0.303 e. The predicted molar refractivity (Wildman–Crippen MR) is 105 cm³/mol. The van der Waals surface area contributed by atoms with Crippen LogP contribution in [0.1, 0.15) is 104 Å². The molecule has 2 nitrogen and oxygen atoms in total. The Balaban J connectivity index is 3.27. The summed E-state index contributed by atoms with van der Waals surface area (Å²) in [4.78, 5) is 10.4. The second-order valence-electron chi connectivity index (χ2n) is 8.04. The van der Waals surface area contributed by atoms with Crippen molar-refractivity contribution >= 4 is 5.97 Å². The predicted octanol–water partition coefficient (Wildman–Crippen LogP) is 7.30. The van der Waals surface area contributed by atoms with Gasteiger partial charge in [-0.25, -0.2) is 0 Å². The molecule has 0 aromatic carbocycles. The molecule has 0 aromatic heterocycles. The van der Waals surface area contributed by atoms with E-state index in [1.807, 2.05) is 0 Å². The maximum atomic E-state index is 10.4. The van der Waals surface area contributed by atoms with Crippen molar-refractivity contribution in [3.8, 4) is 0 Å². The molecule has 1 N–H and O–H groups in total. The first-order valence-electron chi connectivity index (χ1n) is 9.93. The number of allylic oxidation sites excluding steroid dienone is 4. The zero-order valence-corrected chi connectivity index (χ0v) is 16.4. The topological polar surface area (TPSA) is 37.3 Å². The lowest BCUT2D eigenvalue weighted by atomic mass is 9.89. The molecule has 0 aliphatic heterocycles. The Morgan fingerprint density at radius 3 is 1.75 bits per heavy atom. The van der Waals surface area contributed by atoms with E-state index < -0.39 is 5.97 Å². The number of carboxylic acids is 1. The van der Waals surface area contributed by atoms with Crippen molar-refractivity contribution in [1.82, 2.24) is 0 Å². The summed E-state index contributed by atoms with van der Waals surface area (Å²) in [5.41, 5.74) is 0.491. The molecule has 0 saturated carbocycles. The lowest BCUT2D eigenvalue weighted by Crippen LogP contribution is -2.03. The van der Waals surface area contributed by atoms with Crippen molar-refractivity contribution in [1.29, 1.82) is 0 Å². The molecule has 0 aliphatic carbocycles. The molecule has 0 amide bonds. The van der Waals surface area contributed by atoms with Crippen LogP contribution in [0, 0.1) is 5.41 Å². The van der Waals surface area contributed by atoms with Gasteiger partial charge in [-0.1, -0.05) is 77.2 Å². The highest BCUT2D eigenvalue weighted by Gasteiger charge is 2.08. The van der Waals surface area contributed by atoms with Gasteiger partial charge in [0.25, 0.3) is 0 Å². The SMILES string of the molecule is CC(C)(C)CCCCCC/C=C/C/C=C/CCCCCCC(=O)O. The quantitative estimate of drug-likeness (QED) is 0.251. The van der Waals surface area contributed by atoms with Gasteiger partial charge in [0.15, 0.2) is 0 Å². The van der Waals surface area contributed by atoms with Gasteiger partial charge in [0.1, 0.15) is 0 Å². The lowest BCUT2D eigenvalue weighted by molar-refractivity contribution is -0.137. The van der Waals surface area contributed by atoms with Crippen LogP contribution in [-0.4, -0.2) is 11.1 Å². The first kappa shape index (κ1) is 22.9. The molecule has 140 valence electrons. The van der Waals surface area contributed by atoms with E-state index in [4.69, 9.17) is 5.11 Å². The summed E-state index contributed by atoms with van der Waals surface area (Å²) in [7, 11) is 0. The average molecular weight is 337 g/mol. The molecule has 0 saturated heterocycles. The lowest BCUT2D eigenvalue weighted by Gasteiger charge is -2.17. The first-order chi connectivity index (χ1) is 11.4. The number of hydrogen-bond acceptors (Lipinski definition) is 1. The highest BCUT2D eigenvalue weighted by molar-refractivity contribution is 5.66. The molecule has 0 radical (unpaired) electrons. The van der Waals surface area contributed by atoms with E-state index in [1.54, 1.807) is 0 Å². The molecule has 0 atom stereocenters. The number of aliphatic carboxylic acids is 1. The summed E-state index contributed by atoms with van der Waals surface area (Å²) in [6.07, 6.45) is 23.7. The zero-order valence-electron chi connectivity index (χ0n) is 16.4. The third-order valence-electron chi connectivity index (χ3n) is 4.16. The minimum atomic E-state index is -0.674. The van der Waals surface area contributed by atoms with Gasteiger partial charge in [-0.15, -0.1) is 0 Å². The number of hydrogen-bond donors (Lipinski definition) is 1. The Kier molecular flexibility index (Phi) is 14.8. The third kappa shape index (κ3) is 20.9. The molecule has 0 fully saturated rings. The van der Waals surface area contributed by atoms with Crippen molar-refractivity contribution in [2.75, 3.05) is 0 Å². The van der Waals surface area contributed by atoms with Gasteiger partial charge in [-0.05, 0) is 50.4 Å². The zero-order chi connectivity index (χ0) is 18.1. The van der Waals surface area contributed by atoms with Crippen molar-refractivity contribution in [2.45, 2.75) is 104 Å². The van der Waals surface area contributed by atoms with Crippen LogP contribution in [0.25, 0.3) is 0 Å². The Morgan fingerprint density at radius 2 is 1.25 bits per heavy atom. The molecule has 0 aliphatic rings. The van der Waals surface area contributed by atoms with Gasteiger partial charge in [0.05, 0.1) is 0 Å². The molecule has 0 heterocycles. The van der Waals surface area contributed by atoms with Crippen LogP contribution in [0.2, 0.25) is 0 Å². The Morgan fingerprint density at radius 1 is 0.750 bits per heavy atom. The van der Waals surface area contributed by atoms with E-state index in [2.05, 4.69) is 45.1 Å². The number of rotatable bonds is 15. The van der Waals surface area contributed by atoms with Gasteiger partial charge in [-0.2, -0.15) is 0 Å². The Labute approximate surface area is 150 Å². The average Bonchev–Trinajstić information content (AvgIpc) is 2.49. The summed E-state index contributed by atoms with van der Waals surface area (Å²) in [5.74, 6) is -0.674. The van der Waals surface area contributed by atoms with Crippen molar-refractivity contribution in [3.05, 3.63) is 24.3 Å². The van der Waals surface area contributed by atoms with E-state index in [-0.39, 0.29) is 0 Å². The highest BCUT2D eigenvalue weighted by atomic mass is 16.4. The minimum absolute atomic E-state index is 0.317. The Hall–Kier alpha value is -1.05. The largest absolute Gasteiger partial charge is 0.481 e. The number of unbranched alkanes of at least 4 members (excludes halogenated alkanes) is 8. The molecule has 0 rings (SSSR count). The maximum absolute atomic E-state index is 10.4. The summed E-state index contributed by atoms with van der Waals surface area (Å²) in [6.45, 7) is 6.97. The molecular weight excluding hydrogens is 296 g/mol. The summed E-state index contributed by atoms with van der Waals surface area (Å²) in [6, 6.07) is 0. The summed E-state index contributed by atoms with van der Waals surface area (Å²) >= 11 is 0. The van der Waals surface area contributed by atoms with E-state index >= 15 is 0 Å². The van der Waals surface area contributed by atoms with Gasteiger partial charge in [0, 0.05) is 6.42 Å². The number of carbonyl (C=O) groups is 1. The van der Waals surface area contributed by atoms with Crippen molar-refractivity contribution in [3.63, 3.8) is 0 Å². The van der Waals surface area contributed by atoms with E-state index in [9.17, 15) is 4.79 Å². The first-order valence-corrected chi connectivity index (χ1v) is 9.93. The van der Waals surface area contributed by atoms with Crippen LogP contribution in [0.5, 0.6) is 0 Å². The molecular formula is C22H40O2. The fourth-order valence-corrected chi connectivity index (χ4v) is 2.67. The standard InChI is InChI=1S/C22H40O2/c1-22(2,3)20-18-16-14-12-10-8-6-4-5-7-9-11-13-15-17-19-21(23)24/h5-8H,4,9-20H2,1-3H3,(H,23,24)/b7-5+,8-6+. The molecule has 24 heavy (non-hydrogen) atoms. The fourth-order valence-electron chi connectivity index (χ4n) is 2.67. The summed E-state index contributed by atoms with van der Waals surface area (Å²) in [5, 5.41) is 8.54. The van der Waals surface area contributed by atoms with Crippen LogP contribution >= 0.6 is 0 Å². The monoisotopic (exact) mass is 336 g/mol. The normalized spacial score (nSPS) is 12.5. The van der Waals surface area contributed by atoms with Gasteiger partial charge in [0.2, 0.25) is 0 Å². The second kappa shape index (κ2) is 15.5. The van der Waals surface area contributed by atoms with Gasteiger partial charge in [-0.3, -0.25) is 4.79 Å². The van der Waals surface area contributed by atoms with Gasteiger partial charge < -0.3 is 5.11 Å². The van der Waals surface area contributed by atoms with Crippen LogP contribution in [0.15, 0.2) is 24.3 Å². The van der Waals surface area contributed by atoms with Gasteiger partial charge >= 0.3 is 5.97 Å². The Bertz CT molecular complexity index is 347. The van der Waals surface area contributed by atoms with Crippen LogP contribution in [0.4, 0.5) is 0 Å². The molecule has 0 spiro atoms. The smallest absolute Gasteiger partial charge is 0.303 e. The minimum Gasteiger partial charge on any atom is -0.481 e. The molecule has 0 unspecified atom stereocenters. The van der Waals surface area contributed by atoms with Crippen molar-refractivity contribution < 1.29 is 9.90 Å². The number of carboxylic acid groups (broad SMARTS) is 1. The van der Waals surface area contributed by atoms with E-state index in [0.717, 1.165) is 32.1 Å².